The Kier molecular flexibility index (Phi) is 6.33. The second-order valence-corrected chi connectivity index (χ2v) is 8.28. The molecule has 0 aliphatic heterocycles. The molecule has 2 aromatic rings. The van der Waals surface area contributed by atoms with E-state index in [0.717, 1.165) is 16.7 Å². The average molecular weight is 361 g/mol. The third kappa shape index (κ3) is 4.90. The van der Waals surface area contributed by atoms with Crippen molar-refractivity contribution in [1.29, 1.82) is 0 Å². The van der Waals surface area contributed by atoms with Crippen LogP contribution in [0, 0.1) is 6.92 Å². The Morgan fingerprint density at radius 3 is 1.92 bits per heavy atom. The molecule has 0 amide bonds. The van der Waals surface area contributed by atoms with E-state index in [1.165, 1.54) is 11.2 Å². The van der Waals surface area contributed by atoms with E-state index in [9.17, 15) is 13.2 Å². The number of carbonyl (C=O) groups excluding carboxylic acids is 1. The molecule has 0 bridgehead atoms. The van der Waals surface area contributed by atoms with Gasteiger partial charge in [-0.05, 0) is 37.1 Å². The Labute approximate surface area is 149 Å². The summed E-state index contributed by atoms with van der Waals surface area (Å²) in [6.45, 7) is 3.79. The van der Waals surface area contributed by atoms with Gasteiger partial charge in [0.05, 0.1) is 7.11 Å². The van der Waals surface area contributed by atoms with Crippen molar-refractivity contribution in [2.75, 3.05) is 7.11 Å². The number of carbonyl (C=O) groups is 1. The Morgan fingerprint density at radius 2 is 1.48 bits per heavy atom. The van der Waals surface area contributed by atoms with Gasteiger partial charge in [-0.1, -0.05) is 42.0 Å². The van der Waals surface area contributed by atoms with Gasteiger partial charge in [0, 0.05) is 13.1 Å². The van der Waals surface area contributed by atoms with Crippen molar-refractivity contribution in [3.05, 3.63) is 65.2 Å². The van der Waals surface area contributed by atoms with E-state index >= 15 is 0 Å². The lowest BCUT2D eigenvalue weighted by Gasteiger charge is -2.24. The molecule has 2 rings (SSSR count). The number of benzene rings is 2. The van der Waals surface area contributed by atoms with Gasteiger partial charge in [0.1, 0.15) is 17.3 Å². The summed E-state index contributed by atoms with van der Waals surface area (Å²) in [6.07, 6.45) is 0.464. The van der Waals surface area contributed by atoms with Gasteiger partial charge in [0.15, 0.2) is 0 Å². The first-order chi connectivity index (χ1) is 11.9. The lowest BCUT2D eigenvalue weighted by molar-refractivity contribution is -0.107. The monoisotopic (exact) mass is 361 g/mol. The summed E-state index contributed by atoms with van der Waals surface area (Å²) in [5.41, 5.74) is 2.81. The maximum atomic E-state index is 12.7. The topological polar surface area (TPSA) is 63.7 Å². The van der Waals surface area contributed by atoms with Crippen molar-refractivity contribution in [2.24, 2.45) is 0 Å². The number of methoxy groups -OCH3 is 1. The molecule has 0 saturated heterocycles. The Morgan fingerprint density at radius 1 is 1.00 bits per heavy atom. The minimum absolute atomic E-state index is 0.193. The van der Waals surface area contributed by atoms with Gasteiger partial charge >= 0.3 is 0 Å². The molecule has 0 aliphatic carbocycles. The molecule has 0 aromatic heterocycles. The van der Waals surface area contributed by atoms with Gasteiger partial charge in [0.25, 0.3) is 0 Å². The first-order valence-electron chi connectivity index (χ1n) is 7.99. The zero-order valence-corrected chi connectivity index (χ0v) is 15.5. The predicted molar refractivity (Wildman–Crippen MR) is 97.9 cm³/mol. The second kappa shape index (κ2) is 8.27. The highest BCUT2D eigenvalue weighted by Crippen LogP contribution is 2.19. The van der Waals surface area contributed by atoms with E-state index < -0.39 is 15.3 Å². The Balaban J connectivity index is 2.30. The predicted octanol–water partition coefficient (Wildman–Crippen LogP) is 2.92. The first-order valence-corrected chi connectivity index (χ1v) is 9.50. The Bertz CT molecular complexity index is 798. The third-order valence-corrected chi connectivity index (χ3v) is 6.05. The second-order valence-electron chi connectivity index (χ2n) is 5.99. The minimum Gasteiger partial charge on any atom is -0.497 e. The van der Waals surface area contributed by atoms with Crippen LogP contribution < -0.4 is 4.74 Å². The number of sulfonamides is 1. The first kappa shape index (κ1) is 19.1. The lowest BCUT2D eigenvalue weighted by Crippen LogP contribution is -2.37. The number of hydrogen-bond acceptors (Lipinski definition) is 4. The molecule has 0 saturated carbocycles. The van der Waals surface area contributed by atoms with Crippen LogP contribution in [-0.4, -0.2) is 31.4 Å². The van der Waals surface area contributed by atoms with Gasteiger partial charge in [-0.3, -0.25) is 0 Å². The van der Waals surface area contributed by atoms with Crippen LogP contribution in [0.5, 0.6) is 5.75 Å². The summed E-state index contributed by atoms with van der Waals surface area (Å²) in [5, 5.41) is -1.09. The summed E-state index contributed by atoms with van der Waals surface area (Å²) in [4.78, 5) is 11.1. The number of ether oxygens (including phenoxy) is 1. The molecule has 0 spiro atoms. The molecule has 6 heteroatoms. The van der Waals surface area contributed by atoms with Gasteiger partial charge in [0.2, 0.25) is 10.0 Å². The van der Waals surface area contributed by atoms with Crippen LogP contribution in [0.15, 0.2) is 48.5 Å². The average Bonchev–Trinajstić information content (AvgIpc) is 2.62. The smallest absolute Gasteiger partial charge is 0.224 e. The van der Waals surface area contributed by atoms with E-state index in [0.29, 0.717) is 12.0 Å². The molecular weight excluding hydrogens is 338 g/mol. The number of nitrogens with zero attached hydrogens (tertiary/aromatic N) is 1. The minimum atomic E-state index is -3.74. The third-order valence-electron chi connectivity index (χ3n) is 4.02. The molecule has 5 nitrogen and oxygen atoms in total. The highest BCUT2D eigenvalue weighted by molar-refractivity contribution is 7.90. The fourth-order valence-corrected chi connectivity index (χ4v) is 3.64. The van der Waals surface area contributed by atoms with Gasteiger partial charge in [-0.2, -0.15) is 4.31 Å². The normalized spacial score (nSPS) is 12.8. The molecule has 134 valence electrons. The van der Waals surface area contributed by atoms with E-state index in [2.05, 4.69) is 0 Å². The maximum absolute atomic E-state index is 12.7. The Hall–Kier alpha value is -2.18. The van der Waals surface area contributed by atoms with E-state index in [1.807, 2.05) is 43.3 Å². The zero-order chi connectivity index (χ0) is 18.4. The van der Waals surface area contributed by atoms with Crippen molar-refractivity contribution in [1.82, 2.24) is 4.31 Å². The van der Waals surface area contributed by atoms with Crippen molar-refractivity contribution in [3.63, 3.8) is 0 Å². The summed E-state index contributed by atoms with van der Waals surface area (Å²) in [7, 11) is -2.16. The number of aryl methyl sites for hydroxylation is 1. The highest BCUT2D eigenvalue weighted by atomic mass is 32.2. The van der Waals surface area contributed by atoms with Crippen molar-refractivity contribution in [2.45, 2.75) is 32.2 Å². The van der Waals surface area contributed by atoms with Crippen LogP contribution in [0.2, 0.25) is 0 Å². The van der Waals surface area contributed by atoms with Crippen LogP contribution in [0.1, 0.15) is 23.6 Å². The fraction of sp³-hybridized carbons (Fsp3) is 0.316. The maximum Gasteiger partial charge on any atom is 0.224 e. The van der Waals surface area contributed by atoms with Crippen LogP contribution >= 0.6 is 0 Å². The number of rotatable bonds is 8. The van der Waals surface area contributed by atoms with Crippen molar-refractivity contribution in [3.8, 4) is 5.75 Å². The standard InChI is InChI=1S/C19H23NO4S/c1-15-4-6-17(7-5-15)12-20(25(22,23)16(2)14-21)13-18-8-10-19(24-3)11-9-18/h4-11,14,16H,12-13H2,1-3H3/t16-/m1/s1. The van der Waals surface area contributed by atoms with Crippen molar-refractivity contribution < 1.29 is 17.9 Å². The molecular formula is C19H23NO4S. The summed E-state index contributed by atoms with van der Waals surface area (Å²) < 4.78 is 31.9. The molecule has 25 heavy (non-hydrogen) atoms. The molecule has 0 N–H and O–H groups in total. The van der Waals surface area contributed by atoms with Gasteiger partial charge in [-0.15, -0.1) is 0 Å². The molecule has 0 fully saturated rings. The highest BCUT2D eigenvalue weighted by Gasteiger charge is 2.28. The van der Waals surface area contributed by atoms with Gasteiger partial charge < -0.3 is 9.53 Å². The van der Waals surface area contributed by atoms with Crippen LogP contribution in [0.25, 0.3) is 0 Å². The number of aldehydes is 1. The van der Waals surface area contributed by atoms with Gasteiger partial charge in [-0.25, -0.2) is 8.42 Å². The van der Waals surface area contributed by atoms with E-state index in [-0.39, 0.29) is 13.1 Å². The lowest BCUT2D eigenvalue weighted by atomic mass is 10.1. The van der Waals surface area contributed by atoms with Crippen molar-refractivity contribution >= 4 is 16.3 Å². The molecule has 1 atom stereocenters. The van der Waals surface area contributed by atoms with Crippen LogP contribution in [-0.2, 0) is 27.9 Å². The van der Waals surface area contributed by atoms with E-state index in [1.54, 1.807) is 19.2 Å². The molecule has 0 aliphatic rings. The molecule has 2 aromatic carbocycles. The molecule has 0 heterocycles. The van der Waals surface area contributed by atoms with Crippen LogP contribution in [0.3, 0.4) is 0 Å². The quantitative estimate of drug-likeness (QED) is 0.678. The number of hydrogen-bond donors (Lipinski definition) is 0. The fourth-order valence-electron chi connectivity index (χ4n) is 2.37. The van der Waals surface area contributed by atoms with Crippen LogP contribution in [0.4, 0.5) is 0 Å². The summed E-state index contributed by atoms with van der Waals surface area (Å²) >= 11 is 0. The largest absolute Gasteiger partial charge is 0.497 e. The summed E-state index contributed by atoms with van der Waals surface area (Å²) in [6, 6.07) is 14.9. The molecule has 0 unspecified atom stereocenters. The molecule has 0 radical (unpaired) electrons. The van der Waals surface area contributed by atoms with E-state index in [4.69, 9.17) is 4.74 Å². The zero-order valence-electron chi connectivity index (χ0n) is 14.7. The summed E-state index contributed by atoms with van der Waals surface area (Å²) in [5.74, 6) is 0.706. The SMILES string of the molecule is COc1ccc(CN(Cc2ccc(C)cc2)S(=O)(=O)[C@H](C)C=O)cc1.